The normalized spacial score (nSPS) is 10.0. The molecule has 1 amide bonds. The highest BCUT2D eigenvalue weighted by Gasteiger charge is 1.99. The highest BCUT2D eigenvalue weighted by Crippen LogP contribution is 1.88. The standard InChI is InChI=1S/C8H17NO4/c1-2-12-7-5-9-8(10)4-3-6-13-11/h11H,2-7H2,1H3,(H,9,10). The summed E-state index contributed by atoms with van der Waals surface area (Å²) < 4.78 is 5.03. The summed E-state index contributed by atoms with van der Waals surface area (Å²) in [5.74, 6) is -0.0447. The Morgan fingerprint density at radius 2 is 2.23 bits per heavy atom. The van der Waals surface area contributed by atoms with Gasteiger partial charge in [0.2, 0.25) is 5.91 Å². The van der Waals surface area contributed by atoms with Gasteiger partial charge in [-0.2, -0.15) is 0 Å². The van der Waals surface area contributed by atoms with E-state index in [4.69, 9.17) is 9.99 Å². The third kappa shape index (κ3) is 9.26. The molecular weight excluding hydrogens is 174 g/mol. The molecule has 0 aliphatic rings. The lowest BCUT2D eigenvalue weighted by Crippen LogP contribution is -2.27. The van der Waals surface area contributed by atoms with Gasteiger partial charge in [0.15, 0.2) is 0 Å². The minimum atomic E-state index is -0.0447. The number of nitrogens with one attached hydrogen (secondary N) is 1. The van der Waals surface area contributed by atoms with Crippen molar-refractivity contribution < 1.29 is 19.7 Å². The summed E-state index contributed by atoms with van der Waals surface area (Å²) >= 11 is 0. The molecule has 5 nitrogen and oxygen atoms in total. The van der Waals surface area contributed by atoms with E-state index in [9.17, 15) is 4.79 Å². The van der Waals surface area contributed by atoms with E-state index in [0.717, 1.165) is 0 Å². The van der Waals surface area contributed by atoms with Gasteiger partial charge in [0.1, 0.15) is 0 Å². The number of carbonyl (C=O) groups is 1. The van der Waals surface area contributed by atoms with E-state index in [1.165, 1.54) is 0 Å². The first-order chi connectivity index (χ1) is 6.31. The highest BCUT2D eigenvalue weighted by molar-refractivity contribution is 5.75. The lowest BCUT2D eigenvalue weighted by Gasteiger charge is -2.04. The second-order valence-corrected chi connectivity index (χ2v) is 2.48. The van der Waals surface area contributed by atoms with E-state index in [0.29, 0.717) is 32.6 Å². The van der Waals surface area contributed by atoms with Crippen molar-refractivity contribution in [3.63, 3.8) is 0 Å². The van der Waals surface area contributed by atoms with Crippen LogP contribution in [0, 0.1) is 0 Å². The molecule has 0 rings (SSSR count). The molecule has 0 aromatic rings. The van der Waals surface area contributed by atoms with Crippen LogP contribution in [-0.4, -0.2) is 37.5 Å². The lowest BCUT2D eigenvalue weighted by atomic mass is 10.3. The monoisotopic (exact) mass is 191 g/mol. The van der Waals surface area contributed by atoms with Crippen molar-refractivity contribution in [2.45, 2.75) is 19.8 Å². The smallest absolute Gasteiger partial charge is 0.220 e. The maximum Gasteiger partial charge on any atom is 0.220 e. The van der Waals surface area contributed by atoms with Gasteiger partial charge < -0.3 is 10.1 Å². The van der Waals surface area contributed by atoms with Crippen LogP contribution in [-0.2, 0) is 14.4 Å². The summed E-state index contributed by atoms with van der Waals surface area (Å²) in [6, 6.07) is 0. The van der Waals surface area contributed by atoms with E-state index in [1.807, 2.05) is 6.92 Å². The number of hydrogen-bond acceptors (Lipinski definition) is 4. The minimum absolute atomic E-state index is 0.0447. The van der Waals surface area contributed by atoms with E-state index in [1.54, 1.807) is 0 Å². The zero-order chi connectivity index (χ0) is 9.94. The van der Waals surface area contributed by atoms with Gasteiger partial charge in [0.25, 0.3) is 0 Å². The van der Waals surface area contributed by atoms with Crippen LogP contribution in [0.1, 0.15) is 19.8 Å². The van der Waals surface area contributed by atoms with Crippen LogP contribution >= 0.6 is 0 Å². The van der Waals surface area contributed by atoms with Gasteiger partial charge in [0.05, 0.1) is 13.2 Å². The first kappa shape index (κ1) is 12.3. The van der Waals surface area contributed by atoms with E-state index >= 15 is 0 Å². The largest absolute Gasteiger partial charge is 0.380 e. The number of rotatable bonds is 8. The average molecular weight is 191 g/mol. The molecule has 0 bridgehead atoms. The predicted octanol–water partition coefficient (Wildman–Crippen LogP) is 0.409. The Kier molecular flexibility index (Phi) is 8.97. The molecule has 0 aromatic carbocycles. The number of hydrogen-bond donors (Lipinski definition) is 2. The zero-order valence-corrected chi connectivity index (χ0v) is 7.91. The molecule has 5 heteroatoms. The van der Waals surface area contributed by atoms with Crippen LogP contribution in [0.2, 0.25) is 0 Å². The van der Waals surface area contributed by atoms with Crippen molar-refractivity contribution in [1.82, 2.24) is 5.32 Å². The van der Waals surface area contributed by atoms with E-state index in [2.05, 4.69) is 10.2 Å². The Hall–Kier alpha value is -0.650. The Morgan fingerprint density at radius 1 is 1.46 bits per heavy atom. The Morgan fingerprint density at radius 3 is 2.85 bits per heavy atom. The molecule has 13 heavy (non-hydrogen) atoms. The van der Waals surface area contributed by atoms with E-state index < -0.39 is 0 Å². The summed E-state index contributed by atoms with van der Waals surface area (Å²) in [5.41, 5.74) is 0. The molecule has 0 fully saturated rings. The molecule has 0 radical (unpaired) electrons. The molecule has 0 unspecified atom stereocenters. The fourth-order valence-electron chi connectivity index (χ4n) is 0.793. The Labute approximate surface area is 78.0 Å². The second-order valence-electron chi connectivity index (χ2n) is 2.48. The molecular formula is C8H17NO4. The summed E-state index contributed by atoms with van der Waals surface area (Å²) in [6.07, 6.45) is 0.893. The lowest BCUT2D eigenvalue weighted by molar-refractivity contribution is -0.242. The molecule has 2 N–H and O–H groups in total. The minimum Gasteiger partial charge on any atom is -0.380 e. The molecule has 0 spiro atoms. The van der Waals surface area contributed by atoms with Gasteiger partial charge in [-0.1, -0.05) is 0 Å². The van der Waals surface area contributed by atoms with Crippen LogP contribution in [0.3, 0.4) is 0 Å². The van der Waals surface area contributed by atoms with Gasteiger partial charge in [-0.25, -0.2) is 4.89 Å². The SMILES string of the molecule is CCOCCNC(=O)CCCOO. The predicted molar refractivity (Wildman–Crippen MR) is 47.3 cm³/mol. The fraction of sp³-hybridized carbons (Fsp3) is 0.875. The van der Waals surface area contributed by atoms with Gasteiger partial charge in [-0.15, -0.1) is 0 Å². The molecule has 0 aliphatic carbocycles. The second kappa shape index (κ2) is 9.44. The fourth-order valence-corrected chi connectivity index (χ4v) is 0.793. The van der Waals surface area contributed by atoms with Crippen molar-refractivity contribution in [2.24, 2.45) is 0 Å². The first-order valence-electron chi connectivity index (χ1n) is 4.42. The Bertz CT molecular complexity index is 129. The average Bonchev–Trinajstić information content (AvgIpc) is 2.13. The molecule has 0 heterocycles. The Balaban J connectivity index is 3.11. The van der Waals surface area contributed by atoms with Gasteiger partial charge in [0, 0.05) is 19.6 Å². The number of carbonyl (C=O) groups excluding carboxylic acids is 1. The molecule has 0 saturated carbocycles. The number of ether oxygens (including phenoxy) is 1. The third-order valence-electron chi connectivity index (χ3n) is 1.41. The van der Waals surface area contributed by atoms with Gasteiger partial charge >= 0.3 is 0 Å². The summed E-state index contributed by atoms with van der Waals surface area (Å²) in [4.78, 5) is 14.8. The highest BCUT2D eigenvalue weighted by atomic mass is 17.1. The van der Waals surface area contributed by atoms with Crippen LogP contribution in [0.5, 0.6) is 0 Å². The van der Waals surface area contributed by atoms with Gasteiger partial charge in [-0.3, -0.25) is 10.1 Å². The topological polar surface area (TPSA) is 67.8 Å². The van der Waals surface area contributed by atoms with Crippen LogP contribution < -0.4 is 5.32 Å². The van der Waals surface area contributed by atoms with Gasteiger partial charge in [-0.05, 0) is 13.3 Å². The molecule has 78 valence electrons. The van der Waals surface area contributed by atoms with E-state index in [-0.39, 0.29) is 12.5 Å². The van der Waals surface area contributed by atoms with Crippen molar-refractivity contribution in [3.05, 3.63) is 0 Å². The first-order valence-corrected chi connectivity index (χ1v) is 4.42. The van der Waals surface area contributed by atoms with Crippen molar-refractivity contribution in [3.8, 4) is 0 Å². The molecule has 0 aromatic heterocycles. The zero-order valence-electron chi connectivity index (χ0n) is 7.91. The molecule has 0 atom stereocenters. The molecule has 0 saturated heterocycles. The van der Waals surface area contributed by atoms with Crippen LogP contribution in [0.15, 0.2) is 0 Å². The van der Waals surface area contributed by atoms with Crippen molar-refractivity contribution >= 4 is 5.91 Å². The molecule has 0 aliphatic heterocycles. The third-order valence-corrected chi connectivity index (χ3v) is 1.41. The maximum absolute atomic E-state index is 11.0. The summed E-state index contributed by atoms with van der Waals surface area (Å²) in [5, 5.41) is 10.6. The summed E-state index contributed by atoms with van der Waals surface area (Å²) in [7, 11) is 0. The summed E-state index contributed by atoms with van der Waals surface area (Å²) in [6.45, 7) is 3.83. The van der Waals surface area contributed by atoms with Crippen molar-refractivity contribution in [2.75, 3.05) is 26.4 Å². The number of amides is 1. The van der Waals surface area contributed by atoms with Crippen LogP contribution in [0.4, 0.5) is 0 Å². The van der Waals surface area contributed by atoms with Crippen molar-refractivity contribution in [1.29, 1.82) is 0 Å². The quantitative estimate of drug-likeness (QED) is 0.331. The van der Waals surface area contributed by atoms with Crippen LogP contribution in [0.25, 0.3) is 0 Å². The maximum atomic E-state index is 11.0.